The van der Waals surface area contributed by atoms with Crippen molar-refractivity contribution in [3.63, 3.8) is 0 Å². The molecule has 224 valence electrons. The molecule has 0 aliphatic carbocycles. The van der Waals surface area contributed by atoms with E-state index in [1.165, 1.54) is 40.6 Å². The summed E-state index contributed by atoms with van der Waals surface area (Å²) in [6, 6.07) is 5.51. The number of imide groups is 1. The second-order valence-electron chi connectivity index (χ2n) is 10.2. The second-order valence-corrected chi connectivity index (χ2v) is 12.3. The molecular weight excluding hydrogens is 598 g/mol. The average Bonchev–Trinajstić information content (AvgIpc) is 3.21. The van der Waals surface area contributed by atoms with Crippen molar-refractivity contribution >= 4 is 59.1 Å². The van der Waals surface area contributed by atoms with Gasteiger partial charge in [0.05, 0.1) is 11.1 Å². The van der Waals surface area contributed by atoms with Gasteiger partial charge in [0.2, 0.25) is 5.91 Å². The first-order chi connectivity index (χ1) is 20.5. The van der Waals surface area contributed by atoms with Gasteiger partial charge in [-0.1, -0.05) is 23.9 Å². The van der Waals surface area contributed by atoms with Gasteiger partial charge in [-0.15, -0.1) is 11.8 Å². The summed E-state index contributed by atoms with van der Waals surface area (Å²) in [5, 5.41) is 22.2. The van der Waals surface area contributed by atoms with Crippen LogP contribution in [0.2, 0.25) is 0 Å². The highest BCUT2D eigenvalue weighted by Crippen LogP contribution is 2.41. The van der Waals surface area contributed by atoms with Crippen LogP contribution in [0.25, 0.3) is 0 Å². The smallest absolute Gasteiger partial charge is 0.352 e. The summed E-state index contributed by atoms with van der Waals surface area (Å²) >= 11 is 2.62. The number of thioether (sulfide) groups is 2. The number of carbonyl (C=O) groups excluding carboxylic acids is 4. The SMILES string of the molecule is Cc1cc(C)nc(SCC2=C(C(=O)O)N3C(=O)[C@@H](NC(=O)CCC[C@H](C(=O)O)N4C(=O)c5ccccc5C4=O)[C@H]3SC2)n1. The van der Waals surface area contributed by atoms with Crippen molar-refractivity contribution in [2.75, 3.05) is 11.5 Å². The first-order valence-electron chi connectivity index (χ1n) is 13.3. The molecule has 3 aliphatic rings. The number of fused-ring (bicyclic) bond motifs is 2. The van der Waals surface area contributed by atoms with E-state index in [4.69, 9.17) is 0 Å². The number of rotatable bonds is 11. The van der Waals surface area contributed by atoms with Crippen LogP contribution in [0.4, 0.5) is 0 Å². The van der Waals surface area contributed by atoms with E-state index in [1.807, 2.05) is 19.9 Å². The maximum atomic E-state index is 13.0. The number of amides is 4. The van der Waals surface area contributed by atoms with E-state index in [2.05, 4.69) is 15.3 Å². The molecule has 0 bridgehead atoms. The molecule has 1 saturated heterocycles. The molecule has 15 heteroatoms. The highest BCUT2D eigenvalue weighted by molar-refractivity contribution is 8.01. The van der Waals surface area contributed by atoms with Gasteiger partial charge >= 0.3 is 11.9 Å². The van der Waals surface area contributed by atoms with Crippen LogP contribution >= 0.6 is 23.5 Å². The van der Waals surface area contributed by atoms with Gasteiger partial charge < -0.3 is 15.5 Å². The molecule has 43 heavy (non-hydrogen) atoms. The minimum Gasteiger partial charge on any atom is -0.480 e. The molecule has 3 aliphatic heterocycles. The van der Waals surface area contributed by atoms with Gasteiger partial charge in [-0.3, -0.25) is 29.0 Å². The van der Waals surface area contributed by atoms with E-state index >= 15 is 0 Å². The van der Waals surface area contributed by atoms with Gasteiger partial charge in [0.25, 0.3) is 17.7 Å². The number of aromatic nitrogens is 2. The summed E-state index contributed by atoms with van der Waals surface area (Å²) in [5.74, 6) is -4.48. The Bertz CT molecular complexity index is 1540. The van der Waals surface area contributed by atoms with Crippen molar-refractivity contribution in [3.05, 3.63) is 64.1 Å². The lowest BCUT2D eigenvalue weighted by molar-refractivity contribution is -0.150. The van der Waals surface area contributed by atoms with Gasteiger partial charge in [0.1, 0.15) is 23.2 Å². The monoisotopic (exact) mass is 625 g/mol. The summed E-state index contributed by atoms with van der Waals surface area (Å²) in [7, 11) is 0. The lowest BCUT2D eigenvalue weighted by Gasteiger charge is -2.49. The summed E-state index contributed by atoms with van der Waals surface area (Å²) in [5.41, 5.74) is 2.28. The number of benzene rings is 1. The van der Waals surface area contributed by atoms with Crippen molar-refractivity contribution in [1.29, 1.82) is 0 Å². The highest BCUT2D eigenvalue weighted by Gasteiger charge is 2.54. The molecule has 1 aromatic heterocycles. The van der Waals surface area contributed by atoms with E-state index in [0.717, 1.165) is 11.4 Å². The number of aryl methyl sites for hydroxylation is 2. The van der Waals surface area contributed by atoms with Gasteiger partial charge in [0.15, 0.2) is 5.16 Å². The third-order valence-electron chi connectivity index (χ3n) is 7.21. The van der Waals surface area contributed by atoms with Crippen molar-refractivity contribution in [2.24, 2.45) is 0 Å². The van der Waals surface area contributed by atoms with Crippen LogP contribution < -0.4 is 5.32 Å². The predicted molar refractivity (Wildman–Crippen MR) is 154 cm³/mol. The fraction of sp³-hybridized carbons (Fsp3) is 0.357. The Balaban J connectivity index is 1.17. The van der Waals surface area contributed by atoms with Gasteiger partial charge in [-0.2, -0.15) is 0 Å². The highest BCUT2D eigenvalue weighted by atomic mass is 32.2. The fourth-order valence-electron chi connectivity index (χ4n) is 5.26. The molecular formula is C28H27N5O8S2. The van der Waals surface area contributed by atoms with Crippen LogP contribution in [0.15, 0.2) is 46.8 Å². The first-order valence-corrected chi connectivity index (χ1v) is 15.4. The maximum absolute atomic E-state index is 13.0. The topological polar surface area (TPSA) is 187 Å². The van der Waals surface area contributed by atoms with Gasteiger partial charge in [0, 0.05) is 29.3 Å². The van der Waals surface area contributed by atoms with Crippen molar-refractivity contribution < 1.29 is 39.0 Å². The van der Waals surface area contributed by atoms with E-state index < -0.39 is 53.0 Å². The Morgan fingerprint density at radius 1 is 1.07 bits per heavy atom. The van der Waals surface area contributed by atoms with Crippen molar-refractivity contribution in [1.82, 2.24) is 25.1 Å². The molecule has 3 atom stereocenters. The van der Waals surface area contributed by atoms with Crippen LogP contribution in [-0.2, 0) is 19.2 Å². The molecule has 0 unspecified atom stereocenters. The summed E-state index contributed by atoms with van der Waals surface area (Å²) in [4.78, 5) is 85.8. The standard InChI is InChI=1S/C28H27N5O8S2/c1-13-10-14(2)30-28(29-13)43-12-15-11-42-25-20(24(37)33(25)21(15)27(40)41)31-19(34)9-5-8-18(26(38)39)32-22(35)16-6-3-4-7-17(16)23(32)36/h3-4,6-7,10,18,20,25H,5,8-9,11-12H2,1-2H3,(H,31,34)(H,38,39)(H,40,41)/t18-,20-,25-/m1/s1. The van der Waals surface area contributed by atoms with Crippen molar-refractivity contribution in [2.45, 2.75) is 55.7 Å². The van der Waals surface area contributed by atoms with Crippen LogP contribution in [0.3, 0.4) is 0 Å². The molecule has 5 rings (SSSR count). The molecule has 4 amide bonds. The third kappa shape index (κ3) is 5.86. The Hall–Kier alpha value is -4.24. The van der Waals surface area contributed by atoms with Gasteiger partial charge in [-0.05, 0) is 50.5 Å². The third-order valence-corrected chi connectivity index (χ3v) is 9.48. The summed E-state index contributed by atoms with van der Waals surface area (Å²) in [6.45, 7) is 3.68. The number of carbonyl (C=O) groups is 6. The largest absolute Gasteiger partial charge is 0.480 e. The lowest BCUT2D eigenvalue weighted by atomic mass is 10.0. The quantitative estimate of drug-likeness (QED) is 0.143. The van der Waals surface area contributed by atoms with Crippen molar-refractivity contribution in [3.8, 4) is 0 Å². The molecule has 1 aromatic carbocycles. The minimum absolute atomic E-state index is 0.0286. The molecule has 2 aromatic rings. The number of aliphatic carboxylic acids is 2. The number of carboxylic acids is 2. The number of hydrogen-bond acceptors (Lipinski definition) is 10. The Kier molecular flexibility index (Phi) is 8.55. The number of nitrogens with zero attached hydrogens (tertiary/aromatic N) is 4. The molecule has 0 saturated carbocycles. The molecule has 3 N–H and O–H groups in total. The molecule has 1 fully saturated rings. The number of β-lactam (4-membered cyclic amide) rings is 1. The van der Waals surface area contributed by atoms with Gasteiger partial charge in [-0.25, -0.2) is 19.6 Å². The molecule has 0 radical (unpaired) electrons. The van der Waals surface area contributed by atoms with Crippen LogP contribution in [0.1, 0.15) is 51.4 Å². The van der Waals surface area contributed by atoms with Crippen LogP contribution in [0, 0.1) is 13.8 Å². The average molecular weight is 626 g/mol. The predicted octanol–water partition coefficient (Wildman–Crippen LogP) is 1.84. The van der Waals surface area contributed by atoms with Crippen LogP contribution in [0.5, 0.6) is 0 Å². The molecule has 0 spiro atoms. The van der Waals surface area contributed by atoms with E-state index in [9.17, 15) is 39.0 Å². The number of nitrogens with one attached hydrogen (secondary N) is 1. The zero-order valence-corrected chi connectivity index (χ0v) is 24.7. The van der Waals surface area contributed by atoms with E-state index in [-0.39, 0.29) is 41.8 Å². The normalized spacial score (nSPS) is 20.0. The second kappa shape index (κ2) is 12.2. The Morgan fingerprint density at radius 2 is 1.70 bits per heavy atom. The molecule has 4 heterocycles. The van der Waals surface area contributed by atoms with E-state index in [0.29, 0.717) is 21.4 Å². The zero-order valence-electron chi connectivity index (χ0n) is 23.1. The minimum atomic E-state index is -1.46. The van der Waals surface area contributed by atoms with Crippen LogP contribution in [-0.4, -0.2) is 94.5 Å². The first kappa shape index (κ1) is 30.2. The maximum Gasteiger partial charge on any atom is 0.352 e. The van der Waals surface area contributed by atoms with E-state index in [1.54, 1.807) is 12.1 Å². The number of hydrogen-bond donors (Lipinski definition) is 3. The number of carboxylic acid groups (broad SMARTS) is 2. The zero-order chi connectivity index (χ0) is 31.0. The Labute approximate surface area is 254 Å². The fourth-order valence-corrected chi connectivity index (χ4v) is 7.69. The lowest BCUT2D eigenvalue weighted by Crippen LogP contribution is -2.70. The summed E-state index contributed by atoms with van der Waals surface area (Å²) < 4.78 is 0. The summed E-state index contributed by atoms with van der Waals surface area (Å²) in [6.07, 6.45) is -0.289. The Morgan fingerprint density at radius 3 is 2.28 bits per heavy atom. The molecule has 13 nitrogen and oxygen atoms in total.